The molecule has 0 spiro atoms. The lowest BCUT2D eigenvalue weighted by Crippen LogP contribution is -2.35. The number of methoxy groups -OCH3 is 2. The molecular weight excluding hydrogens is 378 g/mol. The molecule has 148 valence electrons. The molecule has 0 bridgehead atoms. The Labute approximate surface area is 167 Å². The van der Waals surface area contributed by atoms with Gasteiger partial charge in [0.1, 0.15) is 0 Å². The summed E-state index contributed by atoms with van der Waals surface area (Å²) in [4.78, 5) is 32.5. The SMILES string of the molecule is COc1ccc(C(=O)N2CCc3nc(NC(=O)C4CCC4)sc3C2)cc1OC. The van der Waals surface area contributed by atoms with Crippen LogP contribution in [0, 0.1) is 5.92 Å². The lowest BCUT2D eigenvalue weighted by Gasteiger charge is -2.26. The Hall–Kier alpha value is -2.61. The van der Waals surface area contributed by atoms with Crippen molar-refractivity contribution in [3.8, 4) is 11.5 Å². The van der Waals surface area contributed by atoms with Gasteiger partial charge >= 0.3 is 0 Å². The first-order valence-electron chi connectivity index (χ1n) is 9.39. The Bertz CT molecular complexity index is 907. The number of aromatic nitrogens is 1. The number of fused-ring (bicyclic) bond motifs is 1. The van der Waals surface area contributed by atoms with E-state index in [0.29, 0.717) is 41.7 Å². The molecule has 0 unspecified atom stereocenters. The molecule has 2 heterocycles. The highest BCUT2D eigenvalue weighted by molar-refractivity contribution is 7.15. The summed E-state index contributed by atoms with van der Waals surface area (Å²) in [5.74, 6) is 1.26. The number of benzene rings is 1. The minimum Gasteiger partial charge on any atom is -0.493 e. The second kappa shape index (κ2) is 7.79. The van der Waals surface area contributed by atoms with Gasteiger partial charge in [-0.15, -0.1) is 0 Å². The van der Waals surface area contributed by atoms with E-state index in [2.05, 4.69) is 10.3 Å². The Morgan fingerprint density at radius 1 is 1.21 bits per heavy atom. The summed E-state index contributed by atoms with van der Waals surface area (Å²) in [6.45, 7) is 1.10. The minimum atomic E-state index is -0.0555. The van der Waals surface area contributed by atoms with E-state index in [1.54, 1.807) is 37.3 Å². The third-order valence-corrected chi connectivity index (χ3v) is 6.35. The molecule has 1 aliphatic carbocycles. The van der Waals surface area contributed by atoms with Crippen molar-refractivity contribution in [1.82, 2.24) is 9.88 Å². The summed E-state index contributed by atoms with van der Waals surface area (Å²) in [6.07, 6.45) is 3.74. The van der Waals surface area contributed by atoms with Crippen molar-refractivity contribution in [2.45, 2.75) is 32.2 Å². The van der Waals surface area contributed by atoms with Crippen LogP contribution >= 0.6 is 11.3 Å². The Morgan fingerprint density at radius 3 is 2.68 bits per heavy atom. The fraction of sp³-hybridized carbons (Fsp3) is 0.450. The molecule has 8 heteroatoms. The molecule has 4 rings (SSSR count). The van der Waals surface area contributed by atoms with Crippen LogP contribution in [0.25, 0.3) is 0 Å². The summed E-state index contributed by atoms with van der Waals surface area (Å²) in [7, 11) is 3.12. The highest BCUT2D eigenvalue weighted by Gasteiger charge is 2.28. The van der Waals surface area contributed by atoms with Gasteiger partial charge in [0.25, 0.3) is 5.91 Å². The monoisotopic (exact) mass is 401 g/mol. The largest absolute Gasteiger partial charge is 0.493 e. The van der Waals surface area contributed by atoms with Crippen molar-refractivity contribution < 1.29 is 19.1 Å². The van der Waals surface area contributed by atoms with Crippen LogP contribution in [-0.2, 0) is 17.8 Å². The van der Waals surface area contributed by atoms with Gasteiger partial charge in [0, 0.05) is 29.3 Å². The molecule has 1 fully saturated rings. The average Bonchev–Trinajstić information content (AvgIpc) is 3.06. The molecule has 1 saturated carbocycles. The van der Waals surface area contributed by atoms with Gasteiger partial charge in [-0.05, 0) is 31.0 Å². The number of ether oxygens (including phenoxy) is 2. The lowest BCUT2D eigenvalue weighted by atomic mass is 9.85. The number of nitrogens with one attached hydrogen (secondary N) is 1. The van der Waals surface area contributed by atoms with Gasteiger partial charge in [-0.3, -0.25) is 9.59 Å². The van der Waals surface area contributed by atoms with Crippen molar-refractivity contribution >= 4 is 28.3 Å². The Morgan fingerprint density at radius 2 is 2.00 bits per heavy atom. The second-order valence-electron chi connectivity index (χ2n) is 7.05. The zero-order valence-electron chi connectivity index (χ0n) is 16.0. The predicted octanol–water partition coefficient (Wildman–Crippen LogP) is 3.10. The van der Waals surface area contributed by atoms with Crippen molar-refractivity contribution in [3.05, 3.63) is 34.3 Å². The van der Waals surface area contributed by atoms with Gasteiger partial charge in [-0.2, -0.15) is 0 Å². The molecule has 0 saturated heterocycles. The third-order valence-electron chi connectivity index (χ3n) is 5.36. The zero-order chi connectivity index (χ0) is 19.7. The van der Waals surface area contributed by atoms with Gasteiger partial charge in [0.2, 0.25) is 5.91 Å². The van der Waals surface area contributed by atoms with Crippen LogP contribution in [0.15, 0.2) is 18.2 Å². The van der Waals surface area contributed by atoms with Crippen molar-refractivity contribution in [2.75, 3.05) is 26.1 Å². The number of carbonyl (C=O) groups excluding carboxylic acids is 2. The first-order valence-corrected chi connectivity index (χ1v) is 10.2. The fourth-order valence-corrected chi connectivity index (χ4v) is 4.48. The maximum atomic E-state index is 12.9. The molecule has 1 aliphatic heterocycles. The van der Waals surface area contributed by atoms with Crippen LogP contribution in [0.1, 0.15) is 40.2 Å². The van der Waals surface area contributed by atoms with Crippen LogP contribution in [-0.4, -0.2) is 42.5 Å². The smallest absolute Gasteiger partial charge is 0.254 e. The highest BCUT2D eigenvalue weighted by Crippen LogP contribution is 2.33. The Balaban J connectivity index is 1.46. The maximum Gasteiger partial charge on any atom is 0.254 e. The zero-order valence-corrected chi connectivity index (χ0v) is 16.8. The minimum absolute atomic E-state index is 0.0555. The van der Waals surface area contributed by atoms with E-state index >= 15 is 0 Å². The van der Waals surface area contributed by atoms with Gasteiger partial charge in [0.15, 0.2) is 16.6 Å². The van der Waals surface area contributed by atoms with E-state index in [-0.39, 0.29) is 17.7 Å². The molecule has 7 nitrogen and oxygen atoms in total. The molecule has 0 atom stereocenters. The molecule has 2 aromatic rings. The average molecular weight is 401 g/mol. The first kappa shape index (κ1) is 18.7. The second-order valence-corrected chi connectivity index (χ2v) is 8.14. The highest BCUT2D eigenvalue weighted by atomic mass is 32.1. The van der Waals surface area contributed by atoms with Crippen molar-refractivity contribution in [1.29, 1.82) is 0 Å². The summed E-state index contributed by atoms with van der Waals surface area (Å²) in [6, 6.07) is 5.19. The third kappa shape index (κ3) is 3.56. The van der Waals surface area contributed by atoms with Crippen LogP contribution in [0.3, 0.4) is 0 Å². The number of anilines is 1. The maximum absolute atomic E-state index is 12.9. The normalized spacial score (nSPS) is 16.1. The van der Waals surface area contributed by atoms with Gasteiger partial charge < -0.3 is 19.7 Å². The van der Waals surface area contributed by atoms with Crippen LogP contribution in [0.2, 0.25) is 0 Å². The fourth-order valence-electron chi connectivity index (χ4n) is 3.45. The number of carbonyl (C=O) groups is 2. The standard InChI is InChI=1S/C20H23N3O4S/c1-26-15-7-6-13(10-16(15)27-2)19(25)23-9-8-14-17(11-23)28-20(21-14)22-18(24)12-4-3-5-12/h6-7,10,12H,3-5,8-9,11H2,1-2H3,(H,21,22,24). The number of hydrogen-bond acceptors (Lipinski definition) is 6. The van der Waals surface area contributed by atoms with E-state index in [1.165, 1.54) is 11.3 Å². The quantitative estimate of drug-likeness (QED) is 0.833. The molecule has 0 radical (unpaired) electrons. The van der Waals surface area contributed by atoms with E-state index in [9.17, 15) is 9.59 Å². The van der Waals surface area contributed by atoms with Crippen LogP contribution < -0.4 is 14.8 Å². The number of amides is 2. The number of nitrogens with zero attached hydrogens (tertiary/aromatic N) is 2. The van der Waals surface area contributed by atoms with Gasteiger partial charge in [-0.1, -0.05) is 17.8 Å². The lowest BCUT2D eigenvalue weighted by molar-refractivity contribution is -0.122. The summed E-state index contributed by atoms with van der Waals surface area (Å²) < 4.78 is 10.5. The predicted molar refractivity (Wildman–Crippen MR) is 106 cm³/mol. The molecule has 28 heavy (non-hydrogen) atoms. The van der Waals surface area contributed by atoms with Crippen molar-refractivity contribution in [2.24, 2.45) is 5.92 Å². The first-order chi connectivity index (χ1) is 13.6. The van der Waals surface area contributed by atoms with Crippen LogP contribution in [0.5, 0.6) is 11.5 Å². The summed E-state index contributed by atoms with van der Waals surface area (Å²) in [5.41, 5.74) is 1.54. The topological polar surface area (TPSA) is 80.8 Å². The van der Waals surface area contributed by atoms with E-state index in [0.717, 1.165) is 29.8 Å². The number of rotatable bonds is 5. The Kier molecular flexibility index (Phi) is 5.21. The summed E-state index contributed by atoms with van der Waals surface area (Å²) in [5, 5.41) is 3.58. The molecule has 1 aromatic heterocycles. The molecule has 1 aromatic carbocycles. The molecular formula is C20H23N3O4S. The summed E-state index contributed by atoms with van der Waals surface area (Å²) >= 11 is 1.46. The van der Waals surface area contributed by atoms with Crippen molar-refractivity contribution in [3.63, 3.8) is 0 Å². The van der Waals surface area contributed by atoms with E-state index in [4.69, 9.17) is 9.47 Å². The molecule has 1 N–H and O–H groups in total. The molecule has 2 aliphatic rings. The van der Waals surface area contributed by atoms with Gasteiger partial charge in [-0.25, -0.2) is 4.98 Å². The van der Waals surface area contributed by atoms with Gasteiger partial charge in [0.05, 0.1) is 26.5 Å². The number of hydrogen-bond donors (Lipinski definition) is 1. The van der Waals surface area contributed by atoms with Crippen LogP contribution in [0.4, 0.5) is 5.13 Å². The molecule has 2 amide bonds. The number of thiazole rings is 1. The van der Waals surface area contributed by atoms with E-state index in [1.807, 2.05) is 0 Å². The van der Waals surface area contributed by atoms with E-state index < -0.39 is 0 Å².